The molecule has 0 bridgehead atoms. The van der Waals surface area contributed by atoms with Gasteiger partial charge >= 0.3 is 0 Å². The summed E-state index contributed by atoms with van der Waals surface area (Å²) >= 11 is 3.26. The Labute approximate surface area is 83.0 Å². The fourth-order valence-corrected chi connectivity index (χ4v) is 0.778. The highest BCUT2D eigenvalue weighted by Crippen LogP contribution is 2.05. The predicted molar refractivity (Wildman–Crippen MR) is 58.4 cm³/mol. The molecule has 0 saturated carbocycles. The molecule has 0 rings (SSSR count). The van der Waals surface area contributed by atoms with E-state index in [1.54, 1.807) is 18.2 Å². The third-order valence-electron chi connectivity index (χ3n) is 0.786. The molecule has 0 aromatic rings. The van der Waals surface area contributed by atoms with E-state index >= 15 is 0 Å². The van der Waals surface area contributed by atoms with Crippen LogP contribution in [-0.4, -0.2) is 6.29 Å². The lowest BCUT2D eigenvalue weighted by atomic mass is 10.4. The maximum atomic E-state index is 9.84. The molecule has 0 fully saturated rings. The Morgan fingerprint density at radius 2 is 2.08 bits per heavy atom. The van der Waals surface area contributed by atoms with Crippen molar-refractivity contribution in [3.05, 3.63) is 35.4 Å². The van der Waals surface area contributed by atoms with Crippen molar-refractivity contribution in [3.63, 3.8) is 0 Å². The zero-order chi connectivity index (χ0) is 9.82. The van der Waals surface area contributed by atoms with Crippen LogP contribution in [0.5, 0.6) is 0 Å². The quantitative estimate of drug-likeness (QED) is 0.533. The Bertz CT molecular complexity index is 169. The van der Waals surface area contributed by atoms with Crippen LogP contribution >= 0.6 is 15.9 Å². The lowest BCUT2D eigenvalue weighted by molar-refractivity contribution is -0.107. The Morgan fingerprint density at radius 1 is 1.50 bits per heavy atom. The van der Waals surface area contributed by atoms with Crippen molar-refractivity contribution >= 4 is 22.2 Å². The molecule has 0 unspecified atom stereocenters. The number of hydrogen-bond donors (Lipinski definition) is 0. The molecule has 0 saturated heterocycles. The lowest BCUT2D eigenvalue weighted by Crippen LogP contribution is -1.66. The van der Waals surface area contributed by atoms with Crippen LogP contribution in [0.3, 0.4) is 0 Å². The number of rotatable bonds is 4. The maximum Gasteiger partial charge on any atom is 0.123 e. The molecule has 0 aliphatic heterocycles. The number of aldehydes is 1. The summed E-state index contributed by atoms with van der Waals surface area (Å²) in [6.45, 7) is 7.52. The summed E-state index contributed by atoms with van der Waals surface area (Å²) < 4.78 is 0.921. The lowest BCUT2D eigenvalue weighted by Gasteiger charge is -1.82. The molecule has 0 heterocycles. The van der Waals surface area contributed by atoms with Gasteiger partial charge in [-0.05, 0) is 6.08 Å². The Morgan fingerprint density at radius 3 is 2.50 bits per heavy atom. The molecule has 0 aliphatic carbocycles. The molecule has 0 aliphatic rings. The van der Waals surface area contributed by atoms with E-state index < -0.39 is 0 Å². The third-order valence-corrected chi connectivity index (χ3v) is 1.32. The van der Waals surface area contributed by atoms with E-state index in [-0.39, 0.29) is 0 Å². The maximum absolute atomic E-state index is 9.84. The monoisotopic (exact) mass is 230 g/mol. The third kappa shape index (κ3) is 12.1. The summed E-state index contributed by atoms with van der Waals surface area (Å²) in [7, 11) is 0. The zero-order valence-corrected chi connectivity index (χ0v) is 9.17. The van der Waals surface area contributed by atoms with Crippen molar-refractivity contribution in [2.24, 2.45) is 0 Å². The van der Waals surface area contributed by atoms with Crippen LogP contribution in [0.15, 0.2) is 35.4 Å². The summed E-state index contributed by atoms with van der Waals surface area (Å²) in [5.41, 5.74) is 0. The van der Waals surface area contributed by atoms with Gasteiger partial charge in [-0.3, -0.25) is 0 Å². The van der Waals surface area contributed by atoms with Gasteiger partial charge in [0.1, 0.15) is 6.29 Å². The average Bonchev–Trinajstić information content (AvgIpc) is 2.09. The standard InChI is InChI=1S/C8H9BrO.C2H6/c1-2-5-8(9)6-3-4-7-10;1-2/h2-3,5-7H,1,4H2;1-2H3/b6-3-,8-5+;. The Balaban J connectivity index is 0. The van der Waals surface area contributed by atoms with Gasteiger partial charge in [-0.1, -0.05) is 54.6 Å². The van der Waals surface area contributed by atoms with E-state index in [0.29, 0.717) is 6.42 Å². The van der Waals surface area contributed by atoms with E-state index in [1.807, 2.05) is 19.9 Å². The van der Waals surface area contributed by atoms with Gasteiger partial charge in [0.25, 0.3) is 0 Å². The van der Waals surface area contributed by atoms with Crippen LogP contribution in [0.25, 0.3) is 0 Å². The number of allylic oxidation sites excluding steroid dienone is 5. The van der Waals surface area contributed by atoms with Gasteiger partial charge in [0, 0.05) is 10.9 Å². The summed E-state index contributed by atoms with van der Waals surface area (Å²) in [4.78, 5) is 9.84. The number of halogens is 1. The van der Waals surface area contributed by atoms with Crippen LogP contribution in [0.4, 0.5) is 0 Å². The van der Waals surface area contributed by atoms with Crippen molar-refractivity contribution < 1.29 is 4.79 Å². The predicted octanol–water partition coefficient (Wildman–Crippen LogP) is 3.62. The van der Waals surface area contributed by atoms with Gasteiger partial charge in [0.15, 0.2) is 0 Å². The van der Waals surface area contributed by atoms with Gasteiger partial charge in [0.05, 0.1) is 0 Å². The van der Waals surface area contributed by atoms with Gasteiger partial charge in [0.2, 0.25) is 0 Å². The number of hydrogen-bond acceptors (Lipinski definition) is 1. The largest absolute Gasteiger partial charge is 0.303 e. The van der Waals surface area contributed by atoms with Crippen LogP contribution in [-0.2, 0) is 4.79 Å². The first-order valence-corrected chi connectivity index (χ1v) is 4.69. The molecule has 0 amide bonds. The Kier molecular flexibility index (Phi) is 15.1. The molecule has 0 atom stereocenters. The van der Waals surface area contributed by atoms with Crippen molar-refractivity contribution in [3.8, 4) is 0 Å². The van der Waals surface area contributed by atoms with E-state index in [0.717, 1.165) is 10.8 Å². The number of carbonyl (C=O) groups is 1. The minimum atomic E-state index is 0.458. The van der Waals surface area contributed by atoms with Crippen molar-refractivity contribution in [2.75, 3.05) is 0 Å². The second kappa shape index (κ2) is 13.0. The first-order chi connectivity index (χ1) is 5.81. The van der Waals surface area contributed by atoms with Crippen LogP contribution in [0.1, 0.15) is 20.3 Å². The van der Waals surface area contributed by atoms with Gasteiger partial charge in [-0.2, -0.15) is 0 Å². The molecule has 0 radical (unpaired) electrons. The summed E-state index contributed by atoms with van der Waals surface area (Å²) in [6.07, 6.45) is 8.38. The first-order valence-electron chi connectivity index (χ1n) is 3.89. The van der Waals surface area contributed by atoms with Crippen LogP contribution in [0.2, 0.25) is 0 Å². The van der Waals surface area contributed by atoms with E-state index in [4.69, 9.17) is 0 Å². The highest BCUT2D eigenvalue weighted by molar-refractivity contribution is 9.11. The molecular formula is C10H15BrO. The Hall–Kier alpha value is -0.630. The highest BCUT2D eigenvalue weighted by Gasteiger charge is 1.78. The smallest absolute Gasteiger partial charge is 0.123 e. The topological polar surface area (TPSA) is 17.1 Å². The average molecular weight is 231 g/mol. The van der Waals surface area contributed by atoms with Crippen molar-refractivity contribution in [1.29, 1.82) is 0 Å². The van der Waals surface area contributed by atoms with Gasteiger partial charge < -0.3 is 4.79 Å². The van der Waals surface area contributed by atoms with Crippen LogP contribution < -0.4 is 0 Å². The van der Waals surface area contributed by atoms with E-state index in [2.05, 4.69) is 22.5 Å². The fraction of sp³-hybridized carbons (Fsp3) is 0.300. The van der Waals surface area contributed by atoms with Crippen molar-refractivity contribution in [2.45, 2.75) is 20.3 Å². The molecule has 0 aromatic heterocycles. The van der Waals surface area contributed by atoms with Gasteiger partial charge in [-0.25, -0.2) is 0 Å². The second-order valence-corrected chi connectivity index (χ2v) is 2.51. The molecule has 0 spiro atoms. The molecule has 1 nitrogen and oxygen atoms in total. The minimum Gasteiger partial charge on any atom is -0.303 e. The number of carbonyl (C=O) groups excluding carboxylic acids is 1. The molecule has 0 aromatic carbocycles. The second-order valence-electron chi connectivity index (χ2n) is 1.59. The van der Waals surface area contributed by atoms with E-state index in [9.17, 15) is 4.79 Å². The highest BCUT2D eigenvalue weighted by atomic mass is 79.9. The molecular weight excluding hydrogens is 216 g/mol. The normalized spacial score (nSPS) is 10.4. The molecule has 2 heteroatoms. The molecule has 68 valence electrons. The van der Waals surface area contributed by atoms with Crippen LogP contribution in [0, 0.1) is 0 Å². The summed E-state index contributed by atoms with van der Waals surface area (Å²) in [6, 6.07) is 0. The molecule has 0 N–H and O–H groups in total. The minimum absolute atomic E-state index is 0.458. The molecule has 12 heavy (non-hydrogen) atoms. The zero-order valence-electron chi connectivity index (χ0n) is 7.59. The SMILES string of the molecule is C=C/C=C(Br)\C=C/CC=O.CC. The first kappa shape index (κ1) is 13.9. The summed E-state index contributed by atoms with van der Waals surface area (Å²) in [5, 5.41) is 0. The van der Waals surface area contributed by atoms with Gasteiger partial charge in [-0.15, -0.1) is 0 Å². The van der Waals surface area contributed by atoms with Crippen molar-refractivity contribution in [1.82, 2.24) is 0 Å². The fourth-order valence-electron chi connectivity index (χ4n) is 0.404. The summed E-state index contributed by atoms with van der Waals surface area (Å²) in [5.74, 6) is 0. The van der Waals surface area contributed by atoms with E-state index in [1.165, 1.54) is 0 Å².